The highest BCUT2D eigenvalue weighted by molar-refractivity contribution is 14.1. The average Bonchev–Trinajstić information content (AvgIpc) is 2.40. The Morgan fingerprint density at radius 2 is 1.79 bits per heavy atom. The summed E-state index contributed by atoms with van der Waals surface area (Å²) in [6, 6.07) is 7.98. The van der Waals surface area contributed by atoms with Crippen molar-refractivity contribution >= 4 is 28.4 Å². The fourth-order valence-corrected chi connectivity index (χ4v) is 2.21. The van der Waals surface area contributed by atoms with Crippen LogP contribution < -0.4 is 0 Å². The molecule has 100 valence electrons. The summed E-state index contributed by atoms with van der Waals surface area (Å²) in [7, 11) is 4.07. The zero-order chi connectivity index (χ0) is 13.8. The number of nitrogens with zero attached hydrogens (tertiary/aromatic N) is 2. The lowest BCUT2D eigenvalue weighted by Gasteiger charge is -2.24. The Balaban J connectivity index is 1.96. The first-order chi connectivity index (χ1) is 9.06. The van der Waals surface area contributed by atoms with E-state index in [9.17, 15) is 4.79 Å². The van der Waals surface area contributed by atoms with Crippen molar-refractivity contribution in [2.24, 2.45) is 0 Å². The van der Waals surface area contributed by atoms with Crippen LogP contribution in [-0.2, 0) is 0 Å². The molecule has 0 N–H and O–H groups in total. The lowest BCUT2D eigenvalue weighted by molar-refractivity contribution is 0.0969. The van der Waals surface area contributed by atoms with Gasteiger partial charge in [-0.15, -0.1) is 0 Å². The van der Waals surface area contributed by atoms with E-state index in [-0.39, 0.29) is 5.78 Å². The van der Waals surface area contributed by atoms with Crippen molar-refractivity contribution in [2.75, 3.05) is 20.6 Å². The van der Waals surface area contributed by atoms with Crippen LogP contribution in [0.15, 0.2) is 48.8 Å². The molecule has 0 aliphatic carbocycles. The molecule has 0 radical (unpaired) electrons. The van der Waals surface area contributed by atoms with Crippen LogP contribution in [0.5, 0.6) is 0 Å². The van der Waals surface area contributed by atoms with E-state index in [1.165, 1.54) is 0 Å². The van der Waals surface area contributed by atoms with Gasteiger partial charge in [-0.1, -0.05) is 12.1 Å². The van der Waals surface area contributed by atoms with Crippen molar-refractivity contribution in [2.45, 2.75) is 6.04 Å². The fraction of sp³-hybridized carbons (Fsp3) is 0.267. The van der Waals surface area contributed by atoms with E-state index in [1.807, 2.05) is 55.7 Å². The van der Waals surface area contributed by atoms with Crippen molar-refractivity contribution < 1.29 is 4.79 Å². The van der Waals surface area contributed by atoms with Crippen molar-refractivity contribution in [3.8, 4) is 0 Å². The maximum atomic E-state index is 12.1. The SMILES string of the molecule is CN(C)C1C=CN(CC(=O)c2ccc(I)cc2)C=C1. The van der Waals surface area contributed by atoms with Gasteiger partial charge in [-0.25, -0.2) is 0 Å². The van der Waals surface area contributed by atoms with Crippen LogP contribution in [0.3, 0.4) is 0 Å². The Morgan fingerprint density at radius 1 is 1.21 bits per heavy atom. The van der Waals surface area contributed by atoms with Gasteiger partial charge < -0.3 is 4.90 Å². The number of rotatable bonds is 4. The molecule has 1 aliphatic heterocycles. The Labute approximate surface area is 127 Å². The van der Waals surface area contributed by atoms with Gasteiger partial charge in [0, 0.05) is 27.6 Å². The molecular formula is C15H17IN2O. The van der Waals surface area contributed by atoms with E-state index in [1.54, 1.807) is 0 Å². The van der Waals surface area contributed by atoms with Crippen LogP contribution in [0.4, 0.5) is 0 Å². The predicted octanol–water partition coefficient (Wildman–Crippen LogP) is 2.75. The first-order valence-corrected chi connectivity index (χ1v) is 7.22. The normalized spacial score (nSPS) is 15.3. The second-order valence-corrected chi connectivity index (χ2v) is 5.99. The molecule has 1 aromatic rings. The third-order valence-electron chi connectivity index (χ3n) is 3.04. The van der Waals surface area contributed by atoms with Gasteiger partial charge >= 0.3 is 0 Å². The van der Waals surface area contributed by atoms with E-state index in [0.717, 1.165) is 9.13 Å². The van der Waals surface area contributed by atoms with Crippen LogP contribution in [-0.4, -0.2) is 42.3 Å². The third-order valence-corrected chi connectivity index (χ3v) is 3.76. The van der Waals surface area contributed by atoms with Crippen LogP contribution in [0.25, 0.3) is 0 Å². The lowest BCUT2D eigenvalue weighted by atomic mass is 10.1. The second kappa shape index (κ2) is 6.34. The largest absolute Gasteiger partial charge is 0.347 e. The highest BCUT2D eigenvalue weighted by Gasteiger charge is 2.12. The van der Waals surface area contributed by atoms with Gasteiger partial charge in [0.15, 0.2) is 5.78 Å². The molecule has 3 nitrogen and oxygen atoms in total. The monoisotopic (exact) mass is 368 g/mol. The number of benzene rings is 1. The van der Waals surface area contributed by atoms with Crippen LogP contribution in [0.1, 0.15) is 10.4 Å². The van der Waals surface area contributed by atoms with Gasteiger partial charge in [0.2, 0.25) is 0 Å². The molecule has 0 bridgehead atoms. The minimum atomic E-state index is 0.133. The first kappa shape index (κ1) is 14.3. The smallest absolute Gasteiger partial charge is 0.182 e. The highest BCUT2D eigenvalue weighted by Crippen LogP contribution is 2.11. The van der Waals surface area contributed by atoms with Crippen LogP contribution in [0.2, 0.25) is 0 Å². The Bertz CT molecular complexity index is 491. The second-order valence-electron chi connectivity index (χ2n) is 4.74. The molecular weight excluding hydrogens is 351 g/mol. The number of hydrogen-bond acceptors (Lipinski definition) is 3. The van der Waals surface area contributed by atoms with Crippen molar-refractivity contribution in [1.82, 2.24) is 9.80 Å². The topological polar surface area (TPSA) is 23.6 Å². The molecule has 1 aromatic carbocycles. The Kier molecular flexibility index (Phi) is 4.76. The molecule has 0 spiro atoms. The molecule has 0 saturated heterocycles. The molecule has 0 saturated carbocycles. The number of hydrogen-bond donors (Lipinski definition) is 0. The first-order valence-electron chi connectivity index (χ1n) is 6.14. The molecule has 19 heavy (non-hydrogen) atoms. The van der Waals surface area contributed by atoms with E-state index < -0.39 is 0 Å². The number of likely N-dealkylation sites (N-methyl/N-ethyl adjacent to an activating group) is 1. The number of carbonyl (C=O) groups excluding carboxylic acids is 1. The molecule has 0 amide bonds. The minimum absolute atomic E-state index is 0.133. The standard InChI is InChI=1S/C15H17IN2O/c1-17(2)14-7-9-18(10-8-14)11-15(19)12-3-5-13(16)6-4-12/h3-10,14H,11H2,1-2H3. The van der Waals surface area contributed by atoms with Crippen molar-refractivity contribution in [3.63, 3.8) is 0 Å². The summed E-state index contributed by atoms with van der Waals surface area (Å²) in [4.78, 5) is 16.2. The van der Waals surface area contributed by atoms with Gasteiger partial charge in [0.05, 0.1) is 6.54 Å². The van der Waals surface area contributed by atoms with Crippen molar-refractivity contribution in [3.05, 3.63) is 58.0 Å². The molecule has 0 fully saturated rings. The summed E-state index contributed by atoms with van der Waals surface area (Å²) in [5.41, 5.74) is 0.761. The predicted molar refractivity (Wildman–Crippen MR) is 86.0 cm³/mol. The Hall–Kier alpha value is -1.14. The third kappa shape index (κ3) is 3.91. The van der Waals surface area contributed by atoms with Gasteiger partial charge in [-0.2, -0.15) is 0 Å². The van der Waals surface area contributed by atoms with Gasteiger partial charge in [-0.05, 0) is 61.0 Å². The maximum absolute atomic E-state index is 12.1. The average molecular weight is 368 g/mol. The zero-order valence-electron chi connectivity index (χ0n) is 11.1. The quantitative estimate of drug-likeness (QED) is 0.603. The molecule has 0 atom stereocenters. The summed E-state index contributed by atoms with van der Waals surface area (Å²) >= 11 is 2.23. The maximum Gasteiger partial charge on any atom is 0.182 e. The Morgan fingerprint density at radius 3 is 2.32 bits per heavy atom. The van der Waals surface area contributed by atoms with E-state index in [0.29, 0.717) is 12.6 Å². The molecule has 2 rings (SSSR count). The highest BCUT2D eigenvalue weighted by atomic mass is 127. The molecule has 1 heterocycles. The lowest BCUT2D eigenvalue weighted by Crippen LogP contribution is -2.29. The van der Waals surface area contributed by atoms with Gasteiger partial charge in [0.25, 0.3) is 0 Å². The van der Waals surface area contributed by atoms with Gasteiger partial charge in [0.1, 0.15) is 0 Å². The number of carbonyl (C=O) groups is 1. The van der Waals surface area contributed by atoms with Crippen LogP contribution in [0, 0.1) is 3.57 Å². The van der Waals surface area contributed by atoms with E-state index in [2.05, 4.69) is 39.6 Å². The number of ketones is 1. The summed E-state index contributed by atoms with van der Waals surface area (Å²) in [5, 5.41) is 0. The zero-order valence-corrected chi connectivity index (χ0v) is 13.2. The summed E-state index contributed by atoms with van der Waals surface area (Å²) < 4.78 is 1.14. The number of Topliss-reactive ketones (excluding diaryl/α,β-unsaturated/α-hetero) is 1. The van der Waals surface area contributed by atoms with E-state index >= 15 is 0 Å². The number of halogens is 1. The molecule has 1 aliphatic rings. The van der Waals surface area contributed by atoms with Crippen molar-refractivity contribution in [1.29, 1.82) is 0 Å². The molecule has 0 unspecified atom stereocenters. The summed E-state index contributed by atoms with van der Waals surface area (Å²) in [5.74, 6) is 0.133. The van der Waals surface area contributed by atoms with Crippen LogP contribution >= 0.6 is 22.6 Å². The molecule has 0 aromatic heterocycles. The fourth-order valence-electron chi connectivity index (χ4n) is 1.85. The van der Waals surface area contributed by atoms with E-state index in [4.69, 9.17) is 0 Å². The summed E-state index contributed by atoms with van der Waals surface area (Å²) in [6.07, 6.45) is 8.10. The molecule has 4 heteroatoms. The summed E-state index contributed by atoms with van der Waals surface area (Å²) in [6.45, 7) is 0.383. The minimum Gasteiger partial charge on any atom is -0.347 e. The van der Waals surface area contributed by atoms with Gasteiger partial charge in [-0.3, -0.25) is 9.69 Å².